The lowest BCUT2D eigenvalue weighted by Gasteiger charge is -2.23. The van der Waals surface area contributed by atoms with Crippen molar-refractivity contribution < 1.29 is 13.2 Å². The van der Waals surface area contributed by atoms with Crippen LogP contribution in [0.15, 0.2) is 47.4 Å². The van der Waals surface area contributed by atoms with Crippen LogP contribution in [0.3, 0.4) is 0 Å². The van der Waals surface area contributed by atoms with Crippen LogP contribution < -0.4 is 4.90 Å². The fourth-order valence-electron chi connectivity index (χ4n) is 2.44. The van der Waals surface area contributed by atoms with E-state index in [1.54, 1.807) is 18.0 Å². The Morgan fingerprint density at radius 3 is 2.26 bits per heavy atom. The molecule has 2 aromatic rings. The molecule has 0 aliphatic heterocycles. The van der Waals surface area contributed by atoms with Crippen LogP contribution in [0.2, 0.25) is 0 Å². The summed E-state index contributed by atoms with van der Waals surface area (Å²) in [6.07, 6.45) is 1.70. The Morgan fingerprint density at radius 1 is 1.17 bits per heavy atom. The molecule has 0 spiro atoms. The summed E-state index contributed by atoms with van der Waals surface area (Å²) in [6, 6.07) is 12.5. The van der Waals surface area contributed by atoms with Crippen LogP contribution in [0.5, 0.6) is 0 Å². The Labute approximate surface area is 141 Å². The fourth-order valence-corrected chi connectivity index (χ4v) is 3.52. The number of halogens is 1. The quantitative estimate of drug-likeness (QED) is 0.769. The number of rotatable bonds is 5. The molecule has 0 fully saturated rings. The Balaban J connectivity index is 2.73. The maximum absolute atomic E-state index is 12.2. The molecule has 0 N–H and O–H groups in total. The Kier molecular flexibility index (Phi) is 5.12. The van der Waals surface area contributed by atoms with Gasteiger partial charge in [0, 0.05) is 24.6 Å². The monoisotopic (exact) mass is 351 g/mol. The summed E-state index contributed by atoms with van der Waals surface area (Å²) in [5.74, 6) is 0. The first-order chi connectivity index (χ1) is 10.8. The molecule has 0 saturated carbocycles. The van der Waals surface area contributed by atoms with Crippen molar-refractivity contribution in [3.8, 4) is 0 Å². The third-order valence-corrected chi connectivity index (χ3v) is 5.01. The summed E-state index contributed by atoms with van der Waals surface area (Å²) in [5, 5.41) is -0.652. The number of hydrogen-bond donors (Lipinski definition) is 0. The first-order valence-corrected chi connectivity index (χ1v) is 9.38. The fraction of sp³-hybridized carbons (Fsp3) is 0.235. The van der Waals surface area contributed by atoms with Crippen LogP contribution in [-0.2, 0) is 16.3 Å². The molecule has 4 nitrogen and oxygen atoms in total. The predicted molar refractivity (Wildman–Crippen MR) is 93.6 cm³/mol. The molecule has 0 heterocycles. The van der Waals surface area contributed by atoms with Gasteiger partial charge >= 0.3 is 0 Å². The molecule has 0 radical (unpaired) electrons. The van der Waals surface area contributed by atoms with Crippen molar-refractivity contribution in [2.45, 2.75) is 18.2 Å². The molecule has 23 heavy (non-hydrogen) atoms. The lowest BCUT2D eigenvalue weighted by Crippen LogP contribution is -2.15. The largest absolute Gasteiger partial charge is 0.344 e. The van der Waals surface area contributed by atoms with Crippen LogP contribution in [-0.4, -0.2) is 27.0 Å². The summed E-state index contributed by atoms with van der Waals surface area (Å²) in [5.41, 5.74) is 2.33. The van der Waals surface area contributed by atoms with Crippen molar-refractivity contribution in [2.24, 2.45) is 0 Å². The maximum atomic E-state index is 12.2. The van der Waals surface area contributed by atoms with Gasteiger partial charge in [-0.15, -0.1) is 0 Å². The van der Waals surface area contributed by atoms with Crippen LogP contribution in [0.25, 0.3) is 0 Å². The van der Waals surface area contributed by atoms with Gasteiger partial charge in [-0.3, -0.25) is 4.79 Å². The van der Waals surface area contributed by atoms with Crippen LogP contribution in [0.4, 0.5) is 11.4 Å². The zero-order valence-corrected chi connectivity index (χ0v) is 14.8. The van der Waals surface area contributed by atoms with Gasteiger partial charge in [0.2, 0.25) is 0 Å². The number of carbonyl (C=O) groups is 1. The molecule has 6 heteroatoms. The highest BCUT2D eigenvalue weighted by Gasteiger charge is 2.22. The molecule has 0 bridgehead atoms. The van der Waals surface area contributed by atoms with Crippen molar-refractivity contribution in [2.75, 3.05) is 18.2 Å². The summed E-state index contributed by atoms with van der Waals surface area (Å²) in [7, 11) is -1.73. The van der Waals surface area contributed by atoms with E-state index in [-0.39, 0.29) is 10.5 Å². The van der Waals surface area contributed by atoms with Gasteiger partial charge in [-0.25, -0.2) is 8.42 Å². The number of sulfone groups is 1. The maximum Gasteiger partial charge on any atom is 0.252 e. The summed E-state index contributed by atoms with van der Waals surface area (Å²) in [4.78, 5) is 13.5. The van der Waals surface area contributed by atoms with Crippen molar-refractivity contribution in [3.63, 3.8) is 0 Å². The van der Waals surface area contributed by atoms with Crippen molar-refractivity contribution in [1.29, 1.82) is 0 Å². The Morgan fingerprint density at radius 2 is 1.78 bits per heavy atom. The predicted octanol–water partition coefficient (Wildman–Crippen LogP) is 3.80. The van der Waals surface area contributed by atoms with Gasteiger partial charge in [0.15, 0.2) is 9.84 Å². The smallest absolute Gasteiger partial charge is 0.252 e. The van der Waals surface area contributed by atoms with Gasteiger partial charge in [0.25, 0.3) is 5.24 Å². The SMILES string of the molecule is CCc1cc(N(C)c2ccccc2)c(S(C)(=O)=O)cc1C(=O)Cl. The highest BCUT2D eigenvalue weighted by atomic mass is 35.5. The van der Waals surface area contributed by atoms with E-state index in [2.05, 4.69) is 0 Å². The van der Waals surface area contributed by atoms with Gasteiger partial charge in [-0.2, -0.15) is 0 Å². The van der Waals surface area contributed by atoms with E-state index in [9.17, 15) is 13.2 Å². The van der Waals surface area contributed by atoms with E-state index in [4.69, 9.17) is 11.6 Å². The molecule has 0 saturated heterocycles. The van der Waals surface area contributed by atoms with E-state index in [1.807, 2.05) is 37.3 Å². The second kappa shape index (κ2) is 6.72. The average molecular weight is 352 g/mol. The molecule has 0 aliphatic rings. The standard InChI is InChI=1S/C17H18ClNO3S/c1-4-12-10-15(19(2)13-8-6-5-7-9-13)16(23(3,21)22)11-14(12)17(18)20/h5-11H,4H2,1-3H3. The minimum Gasteiger partial charge on any atom is -0.344 e. The zero-order valence-electron chi connectivity index (χ0n) is 13.2. The van der Waals surface area contributed by atoms with Gasteiger partial charge < -0.3 is 4.90 Å². The lowest BCUT2D eigenvalue weighted by molar-refractivity contribution is 0.108. The summed E-state index contributed by atoms with van der Waals surface area (Å²) < 4.78 is 24.4. The first-order valence-electron chi connectivity index (χ1n) is 7.11. The molecule has 0 unspecified atom stereocenters. The van der Waals surface area contributed by atoms with E-state index >= 15 is 0 Å². The van der Waals surface area contributed by atoms with Crippen molar-refractivity contribution in [3.05, 3.63) is 53.6 Å². The molecular weight excluding hydrogens is 334 g/mol. The number of para-hydroxylation sites is 1. The summed E-state index contributed by atoms with van der Waals surface area (Å²) in [6.45, 7) is 1.89. The van der Waals surface area contributed by atoms with Gasteiger partial charge in [0.05, 0.1) is 10.6 Å². The average Bonchev–Trinajstić information content (AvgIpc) is 2.52. The highest BCUT2D eigenvalue weighted by Crippen LogP contribution is 2.33. The second-order valence-corrected chi connectivity index (χ2v) is 7.60. The van der Waals surface area contributed by atoms with E-state index in [0.29, 0.717) is 12.1 Å². The lowest BCUT2D eigenvalue weighted by atomic mass is 10.0. The number of anilines is 2. The first kappa shape index (κ1) is 17.5. The molecule has 2 aromatic carbocycles. The number of carbonyl (C=O) groups excluding carboxylic acids is 1. The minimum atomic E-state index is -3.52. The molecular formula is C17H18ClNO3S. The van der Waals surface area contributed by atoms with E-state index in [1.165, 1.54) is 6.07 Å². The second-order valence-electron chi connectivity index (χ2n) is 5.27. The topological polar surface area (TPSA) is 54.5 Å². The zero-order chi connectivity index (χ0) is 17.2. The minimum absolute atomic E-state index is 0.0880. The van der Waals surface area contributed by atoms with Gasteiger partial charge in [-0.1, -0.05) is 25.1 Å². The number of aryl methyl sites for hydroxylation is 1. The summed E-state index contributed by atoms with van der Waals surface area (Å²) >= 11 is 5.61. The molecule has 122 valence electrons. The van der Waals surface area contributed by atoms with Crippen LogP contribution in [0, 0.1) is 0 Å². The van der Waals surface area contributed by atoms with Crippen molar-refractivity contribution in [1.82, 2.24) is 0 Å². The van der Waals surface area contributed by atoms with Crippen molar-refractivity contribution >= 4 is 38.1 Å². The molecule has 0 aliphatic carbocycles. The number of hydrogen-bond acceptors (Lipinski definition) is 4. The molecule has 0 amide bonds. The third kappa shape index (κ3) is 3.74. The Hall–Kier alpha value is -1.85. The normalized spacial score (nSPS) is 11.3. The van der Waals surface area contributed by atoms with Crippen LogP contribution in [0.1, 0.15) is 22.8 Å². The van der Waals surface area contributed by atoms with E-state index in [0.717, 1.165) is 17.5 Å². The van der Waals surface area contributed by atoms with Gasteiger partial charge in [-0.05, 0) is 47.9 Å². The van der Waals surface area contributed by atoms with Crippen LogP contribution >= 0.6 is 11.6 Å². The van der Waals surface area contributed by atoms with Gasteiger partial charge in [0.1, 0.15) is 0 Å². The third-order valence-electron chi connectivity index (χ3n) is 3.68. The number of benzene rings is 2. The number of nitrogens with zero attached hydrogens (tertiary/aromatic N) is 1. The highest BCUT2D eigenvalue weighted by molar-refractivity contribution is 7.90. The van der Waals surface area contributed by atoms with E-state index < -0.39 is 15.1 Å². The Bertz CT molecular complexity index is 832. The molecule has 0 aromatic heterocycles. The molecule has 2 rings (SSSR count). The molecule has 0 atom stereocenters.